The molecule has 0 saturated carbocycles. The van der Waals surface area contributed by atoms with Gasteiger partial charge in [0.15, 0.2) is 0 Å². The zero-order valence-electron chi connectivity index (χ0n) is 24.1. The Hall–Kier alpha value is -4.35. The molecular weight excluding hydrogens is 607 g/mol. The number of nitrogens with zero attached hydrogens (tertiary/aromatic N) is 4. The number of nitrogens with one attached hydrogen (secondary N) is 2. The van der Waals surface area contributed by atoms with Gasteiger partial charge in [-0.3, -0.25) is 9.36 Å². The average Bonchev–Trinajstić information content (AvgIpc) is 3.58. The second kappa shape index (κ2) is 15.9. The molecule has 0 aliphatic rings. The molecule has 1 atom stereocenters. The molecule has 1 aromatic heterocycles. The largest absolute Gasteiger partial charge is 0.461 e. The van der Waals surface area contributed by atoms with Crippen LogP contribution in [0.2, 0.25) is 5.02 Å². The summed E-state index contributed by atoms with van der Waals surface area (Å²) in [5, 5.41) is 18.2. The molecule has 3 aromatic carbocycles. The number of carbonyl (C=O) groups excluding carboxylic acids is 2. The highest BCUT2D eigenvalue weighted by Crippen LogP contribution is 2.45. The van der Waals surface area contributed by atoms with Crippen LogP contribution in [0.5, 0.6) is 0 Å². The van der Waals surface area contributed by atoms with Crippen molar-refractivity contribution in [1.29, 1.82) is 0 Å². The van der Waals surface area contributed by atoms with Gasteiger partial charge in [0.05, 0.1) is 23.5 Å². The lowest BCUT2D eigenvalue weighted by atomic mass is 10.1. The molecule has 4 rings (SSSR count). The lowest BCUT2D eigenvalue weighted by Gasteiger charge is -2.20. The van der Waals surface area contributed by atoms with E-state index in [-0.39, 0.29) is 24.7 Å². The number of rotatable bonds is 15. The van der Waals surface area contributed by atoms with Gasteiger partial charge in [-0.1, -0.05) is 41.9 Å². The molecule has 0 radical (unpaired) electrons. The molecular formula is C30H32ClN6O6P. The van der Waals surface area contributed by atoms with Gasteiger partial charge in [-0.05, 0) is 71.0 Å². The van der Waals surface area contributed by atoms with E-state index in [1.165, 1.54) is 31.3 Å². The molecule has 14 heteroatoms. The van der Waals surface area contributed by atoms with Gasteiger partial charge in [-0.15, -0.1) is 5.10 Å². The first-order chi connectivity index (χ1) is 21.3. The predicted octanol–water partition coefficient (Wildman–Crippen LogP) is 4.81. The molecule has 44 heavy (non-hydrogen) atoms. The summed E-state index contributed by atoms with van der Waals surface area (Å²) >= 11 is 6.20. The van der Waals surface area contributed by atoms with Crippen LogP contribution in [0.3, 0.4) is 0 Å². The topological polar surface area (TPSA) is 147 Å². The maximum Gasteiger partial charge on any atom is 0.338 e. The highest BCUT2D eigenvalue weighted by molar-refractivity contribution is 7.53. The Bertz CT molecular complexity index is 1590. The summed E-state index contributed by atoms with van der Waals surface area (Å²) < 4.78 is 28.5. The number of esters is 1. The third-order valence-electron chi connectivity index (χ3n) is 6.50. The summed E-state index contributed by atoms with van der Waals surface area (Å²) in [7, 11) is -0.705. The smallest absolute Gasteiger partial charge is 0.338 e. The Balaban J connectivity index is 1.38. The van der Waals surface area contributed by atoms with Gasteiger partial charge in [0, 0.05) is 43.1 Å². The van der Waals surface area contributed by atoms with Gasteiger partial charge in [0.1, 0.15) is 12.9 Å². The molecule has 0 saturated heterocycles. The highest BCUT2D eigenvalue weighted by atomic mass is 35.5. The van der Waals surface area contributed by atoms with E-state index in [0.717, 1.165) is 11.3 Å². The molecule has 12 nitrogen and oxygen atoms in total. The summed E-state index contributed by atoms with van der Waals surface area (Å²) in [6, 6.07) is 21.5. The second-order valence-corrected chi connectivity index (χ2v) is 12.3. The van der Waals surface area contributed by atoms with E-state index < -0.39 is 13.6 Å². The predicted molar refractivity (Wildman–Crippen MR) is 167 cm³/mol. The van der Waals surface area contributed by atoms with Crippen molar-refractivity contribution >= 4 is 42.8 Å². The Labute approximate surface area is 259 Å². The molecule has 1 heterocycles. The van der Waals surface area contributed by atoms with Crippen molar-refractivity contribution in [2.45, 2.75) is 12.5 Å². The molecule has 230 valence electrons. The number of hydrogen-bond acceptors (Lipinski definition) is 10. The van der Waals surface area contributed by atoms with E-state index in [9.17, 15) is 14.2 Å². The van der Waals surface area contributed by atoms with Crippen LogP contribution in [0.4, 0.5) is 5.69 Å². The van der Waals surface area contributed by atoms with Crippen molar-refractivity contribution in [2.24, 2.45) is 0 Å². The standard InChI is InChI=1S/C30H32ClN6O6P/c1-41-44(40,42-2)17-16-43-30(39)23-8-12-26(13-9-23)32-20-27(18-22-6-4-3-5-7-22)34-29(38)15-10-24-19-25(31)11-14-28(24)37-21-33-35-36-37/h3-15,19,21,27,32H,16-18,20H2,1-2H3,(H,34,38). The van der Waals surface area contributed by atoms with Gasteiger partial charge >= 0.3 is 13.6 Å². The number of aromatic nitrogens is 4. The first-order valence-corrected chi connectivity index (χ1v) is 15.7. The quantitative estimate of drug-likeness (QED) is 0.106. The average molecular weight is 639 g/mol. The van der Waals surface area contributed by atoms with E-state index in [4.69, 9.17) is 25.4 Å². The minimum absolute atomic E-state index is 0.0470. The number of anilines is 1. The van der Waals surface area contributed by atoms with Gasteiger partial charge in [-0.25, -0.2) is 4.79 Å². The van der Waals surface area contributed by atoms with Crippen molar-refractivity contribution in [3.8, 4) is 5.69 Å². The van der Waals surface area contributed by atoms with Gasteiger partial charge in [0.2, 0.25) is 5.91 Å². The number of amides is 1. The van der Waals surface area contributed by atoms with Crippen LogP contribution in [-0.4, -0.2) is 71.7 Å². The SMILES string of the molecule is COP(=O)(CCOC(=O)c1ccc(NCC(Cc2ccccc2)NC(=O)C=Cc2cc(Cl)ccc2-n2cnnn2)cc1)OC. The molecule has 1 unspecified atom stereocenters. The molecule has 0 aliphatic carbocycles. The van der Waals surface area contributed by atoms with Crippen molar-refractivity contribution in [2.75, 3.05) is 38.8 Å². The fraction of sp³-hybridized carbons (Fsp3) is 0.233. The van der Waals surface area contributed by atoms with Crippen LogP contribution < -0.4 is 10.6 Å². The van der Waals surface area contributed by atoms with Crippen LogP contribution in [0.25, 0.3) is 11.8 Å². The lowest BCUT2D eigenvalue weighted by Crippen LogP contribution is -2.40. The van der Waals surface area contributed by atoms with E-state index in [1.807, 2.05) is 30.3 Å². The summed E-state index contributed by atoms with van der Waals surface area (Å²) in [6.45, 7) is 0.304. The van der Waals surface area contributed by atoms with Crippen LogP contribution >= 0.6 is 19.2 Å². The molecule has 2 N–H and O–H groups in total. The normalized spacial score (nSPS) is 12.2. The summed E-state index contributed by atoms with van der Waals surface area (Å²) in [6.07, 6.45) is 5.09. The Morgan fingerprint density at radius 1 is 1.05 bits per heavy atom. The Morgan fingerprint density at radius 2 is 1.80 bits per heavy atom. The fourth-order valence-electron chi connectivity index (χ4n) is 4.18. The van der Waals surface area contributed by atoms with Gasteiger partial charge in [0.25, 0.3) is 0 Å². The fourth-order valence-corrected chi connectivity index (χ4v) is 5.19. The number of hydrogen-bond donors (Lipinski definition) is 2. The maximum absolute atomic E-state index is 13.0. The summed E-state index contributed by atoms with van der Waals surface area (Å²) in [5.41, 5.74) is 3.48. The zero-order valence-corrected chi connectivity index (χ0v) is 25.8. The van der Waals surface area contributed by atoms with Crippen LogP contribution in [-0.2, 0) is 29.6 Å². The van der Waals surface area contributed by atoms with Crippen LogP contribution in [0.1, 0.15) is 21.5 Å². The third kappa shape index (κ3) is 9.58. The third-order valence-corrected chi connectivity index (χ3v) is 8.58. The van der Waals surface area contributed by atoms with Crippen molar-refractivity contribution < 1.29 is 27.9 Å². The lowest BCUT2D eigenvalue weighted by molar-refractivity contribution is -0.117. The molecule has 1 amide bonds. The molecule has 4 aromatic rings. The van der Waals surface area contributed by atoms with Crippen LogP contribution in [0.15, 0.2) is 85.2 Å². The summed E-state index contributed by atoms with van der Waals surface area (Å²) in [5.74, 6) is -0.848. The van der Waals surface area contributed by atoms with E-state index >= 15 is 0 Å². The van der Waals surface area contributed by atoms with Crippen molar-refractivity contribution in [3.05, 3.63) is 107 Å². The van der Waals surface area contributed by atoms with E-state index in [0.29, 0.717) is 34.8 Å². The maximum atomic E-state index is 13.0. The van der Waals surface area contributed by atoms with E-state index in [2.05, 4.69) is 26.2 Å². The van der Waals surface area contributed by atoms with Gasteiger partial charge in [-0.2, -0.15) is 4.68 Å². The molecule has 0 fully saturated rings. The molecule has 0 aliphatic heterocycles. The van der Waals surface area contributed by atoms with Crippen molar-refractivity contribution in [3.63, 3.8) is 0 Å². The first-order valence-electron chi connectivity index (χ1n) is 13.6. The summed E-state index contributed by atoms with van der Waals surface area (Å²) in [4.78, 5) is 25.4. The van der Waals surface area contributed by atoms with Crippen LogP contribution in [0, 0.1) is 0 Å². The number of ether oxygens (including phenoxy) is 1. The zero-order chi connectivity index (χ0) is 31.4. The van der Waals surface area contributed by atoms with Crippen molar-refractivity contribution in [1.82, 2.24) is 25.5 Å². The molecule has 0 bridgehead atoms. The number of halogens is 1. The number of benzene rings is 3. The number of tetrazole rings is 1. The second-order valence-electron chi connectivity index (χ2n) is 9.48. The number of carbonyl (C=O) groups is 2. The Morgan fingerprint density at radius 3 is 2.48 bits per heavy atom. The van der Waals surface area contributed by atoms with Gasteiger partial charge < -0.3 is 24.4 Å². The minimum Gasteiger partial charge on any atom is -0.461 e. The monoisotopic (exact) mass is 638 g/mol. The first kappa shape index (κ1) is 32.6. The van der Waals surface area contributed by atoms with E-state index in [1.54, 1.807) is 48.5 Å². The minimum atomic E-state index is -3.26. The Kier molecular flexibility index (Phi) is 11.8. The highest BCUT2D eigenvalue weighted by Gasteiger charge is 2.21. The molecule has 0 spiro atoms.